The molecule has 0 saturated heterocycles. The maximum atomic E-state index is 12.4. The van der Waals surface area contributed by atoms with E-state index in [-0.39, 0.29) is 18.7 Å². The van der Waals surface area contributed by atoms with Crippen LogP contribution < -0.4 is 20.5 Å². The number of carbonyl (C=O) groups is 1. The summed E-state index contributed by atoms with van der Waals surface area (Å²) in [6, 6.07) is 17.5. The minimum atomic E-state index is -0.428. The lowest BCUT2D eigenvalue weighted by Gasteiger charge is -2.20. The van der Waals surface area contributed by atoms with Gasteiger partial charge in [0, 0.05) is 48.0 Å². The number of hydrogen-bond donors (Lipinski definition) is 2. The lowest BCUT2D eigenvalue weighted by Crippen LogP contribution is -2.42. The van der Waals surface area contributed by atoms with Gasteiger partial charge < -0.3 is 29.7 Å². The maximum Gasteiger partial charge on any atom is 0.407 e. The van der Waals surface area contributed by atoms with Crippen LogP contribution in [0.25, 0.3) is 17.4 Å². The summed E-state index contributed by atoms with van der Waals surface area (Å²) in [5.41, 5.74) is 15.1. The lowest BCUT2D eigenvalue weighted by molar-refractivity contribution is 0.137. The molecule has 0 spiro atoms. The fourth-order valence-corrected chi connectivity index (χ4v) is 6.28. The first-order chi connectivity index (χ1) is 24.6. The van der Waals surface area contributed by atoms with E-state index in [1.165, 1.54) is 6.39 Å². The van der Waals surface area contributed by atoms with Crippen molar-refractivity contribution in [1.29, 1.82) is 0 Å². The van der Waals surface area contributed by atoms with Gasteiger partial charge in [0.1, 0.15) is 18.1 Å². The van der Waals surface area contributed by atoms with Gasteiger partial charge >= 0.3 is 6.09 Å². The second-order valence-electron chi connectivity index (χ2n) is 13.7. The average molecular weight is 692 g/mol. The standard InChI is InChI=1S/C24H28N2O3.C17H21N3O2/c1-5-18-12-19-13-22(25-20(19)14-23(18)28-4)21(11-16(2)3)26-24(27)29-15-17-9-7-6-8-10-17;1-10(2)4-13(18)15-6-11-5-12(17-8-19-9-22-17)16(21-3)7-14(11)20-15/h5-10,12,14,16,21H,1,11,13,15H2,2-4H3,(H,26,27);5,7-10,13H,4,6,18H2,1-3H3/t21-;13-/m11/s1. The monoisotopic (exact) mass is 691 g/mol. The molecule has 10 nitrogen and oxygen atoms in total. The molecule has 1 amide bonds. The Morgan fingerprint density at radius 1 is 0.922 bits per heavy atom. The van der Waals surface area contributed by atoms with E-state index < -0.39 is 6.09 Å². The lowest BCUT2D eigenvalue weighted by atomic mass is 9.96. The number of hydrogen-bond acceptors (Lipinski definition) is 9. The molecule has 10 heteroatoms. The molecule has 0 radical (unpaired) electrons. The van der Waals surface area contributed by atoms with Crippen LogP contribution in [-0.2, 0) is 24.2 Å². The number of nitrogens with one attached hydrogen (secondary N) is 1. The van der Waals surface area contributed by atoms with Crippen molar-refractivity contribution in [2.24, 2.45) is 27.6 Å². The average Bonchev–Trinajstić information content (AvgIpc) is 3.89. The summed E-state index contributed by atoms with van der Waals surface area (Å²) in [5.74, 6) is 3.14. The largest absolute Gasteiger partial charge is 0.496 e. The van der Waals surface area contributed by atoms with Crippen molar-refractivity contribution >= 4 is 35.0 Å². The summed E-state index contributed by atoms with van der Waals surface area (Å²) in [5, 5.41) is 3.01. The van der Waals surface area contributed by atoms with Crippen LogP contribution in [-0.4, -0.2) is 48.8 Å². The Morgan fingerprint density at radius 3 is 2.20 bits per heavy atom. The highest BCUT2D eigenvalue weighted by Crippen LogP contribution is 2.39. The number of fused-ring (bicyclic) bond motifs is 2. The Balaban J connectivity index is 0.000000205. The van der Waals surface area contributed by atoms with E-state index in [4.69, 9.17) is 34.3 Å². The van der Waals surface area contributed by atoms with Crippen molar-refractivity contribution in [2.75, 3.05) is 14.2 Å². The van der Waals surface area contributed by atoms with Gasteiger partial charge in [0.15, 0.2) is 12.2 Å². The zero-order chi connectivity index (χ0) is 36.5. The Bertz CT molecular complexity index is 1860. The topological polar surface area (TPSA) is 134 Å². The molecule has 0 bridgehead atoms. The molecular formula is C41H49N5O5. The van der Waals surface area contributed by atoms with Gasteiger partial charge in [0.05, 0.1) is 43.4 Å². The van der Waals surface area contributed by atoms with Crippen LogP contribution in [0.5, 0.6) is 11.5 Å². The third kappa shape index (κ3) is 9.52. The predicted octanol–water partition coefficient (Wildman–Crippen LogP) is 8.66. The Labute approximate surface area is 300 Å². The number of rotatable bonds is 13. The first kappa shape index (κ1) is 37.0. The Hall–Kier alpha value is -5.22. The van der Waals surface area contributed by atoms with E-state index in [2.05, 4.69) is 56.7 Å². The first-order valence-electron chi connectivity index (χ1n) is 17.4. The summed E-state index contributed by atoms with van der Waals surface area (Å²) in [4.78, 5) is 25.9. The molecule has 1 aromatic heterocycles. The van der Waals surface area contributed by atoms with Crippen LogP contribution in [0.4, 0.5) is 16.2 Å². The van der Waals surface area contributed by atoms with Crippen LogP contribution in [0.3, 0.4) is 0 Å². The number of methoxy groups -OCH3 is 2. The molecule has 2 atom stereocenters. The highest BCUT2D eigenvalue weighted by molar-refractivity contribution is 6.00. The van der Waals surface area contributed by atoms with Crippen molar-refractivity contribution in [3.05, 3.63) is 96.0 Å². The highest BCUT2D eigenvalue weighted by Gasteiger charge is 2.27. The van der Waals surface area contributed by atoms with E-state index in [0.29, 0.717) is 24.0 Å². The number of ether oxygens (including phenoxy) is 3. The smallest absolute Gasteiger partial charge is 0.407 e. The van der Waals surface area contributed by atoms with Crippen LogP contribution >= 0.6 is 0 Å². The molecule has 3 heterocycles. The molecule has 0 saturated carbocycles. The second kappa shape index (κ2) is 17.1. The fourth-order valence-electron chi connectivity index (χ4n) is 6.28. The molecular weight excluding hydrogens is 642 g/mol. The zero-order valence-electron chi connectivity index (χ0n) is 30.4. The minimum Gasteiger partial charge on any atom is -0.496 e. The summed E-state index contributed by atoms with van der Waals surface area (Å²) in [6.45, 7) is 12.7. The molecule has 3 N–H and O–H groups in total. The van der Waals surface area contributed by atoms with Gasteiger partial charge in [-0.05, 0) is 53.5 Å². The van der Waals surface area contributed by atoms with Crippen molar-refractivity contribution in [3.63, 3.8) is 0 Å². The van der Waals surface area contributed by atoms with E-state index in [9.17, 15) is 4.79 Å². The molecule has 0 aliphatic carbocycles. The molecule has 3 aromatic carbocycles. The van der Waals surface area contributed by atoms with Crippen LogP contribution in [0, 0.1) is 11.8 Å². The van der Waals surface area contributed by atoms with Gasteiger partial charge in [0.2, 0.25) is 0 Å². The van der Waals surface area contributed by atoms with Crippen LogP contribution in [0.15, 0.2) is 88.2 Å². The van der Waals surface area contributed by atoms with Gasteiger partial charge in [-0.1, -0.05) is 70.7 Å². The number of carbonyl (C=O) groups excluding carboxylic acids is 1. The molecule has 0 unspecified atom stereocenters. The number of nitrogens with two attached hydrogens (primary N) is 1. The van der Waals surface area contributed by atoms with Gasteiger partial charge in [-0.3, -0.25) is 9.98 Å². The summed E-state index contributed by atoms with van der Waals surface area (Å²) in [7, 11) is 3.28. The van der Waals surface area contributed by atoms with Crippen LogP contribution in [0.1, 0.15) is 62.8 Å². The number of benzene rings is 3. The quantitative estimate of drug-likeness (QED) is 0.143. The third-order valence-electron chi connectivity index (χ3n) is 8.79. The number of aromatic nitrogens is 1. The van der Waals surface area contributed by atoms with Gasteiger partial charge in [-0.15, -0.1) is 0 Å². The molecule has 2 aliphatic rings. The van der Waals surface area contributed by atoms with Gasteiger partial charge in [-0.25, -0.2) is 9.78 Å². The van der Waals surface area contributed by atoms with Gasteiger partial charge in [0.25, 0.3) is 0 Å². The number of oxazole rings is 1. The zero-order valence-corrected chi connectivity index (χ0v) is 30.4. The summed E-state index contributed by atoms with van der Waals surface area (Å²) in [6.07, 6.45) is 7.67. The van der Waals surface area contributed by atoms with E-state index >= 15 is 0 Å². The van der Waals surface area contributed by atoms with Gasteiger partial charge in [-0.2, -0.15) is 0 Å². The van der Waals surface area contributed by atoms with Crippen molar-refractivity contribution in [3.8, 4) is 22.8 Å². The van der Waals surface area contributed by atoms with Crippen LogP contribution in [0.2, 0.25) is 0 Å². The number of nitrogens with zero attached hydrogens (tertiary/aromatic N) is 3. The van der Waals surface area contributed by atoms with E-state index in [1.807, 2.05) is 42.5 Å². The highest BCUT2D eigenvalue weighted by atomic mass is 16.5. The molecule has 4 aromatic rings. The predicted molar refractivity (Wildman–Crippen MR) is 204 cm³/mol. The van der Waals surface area contributed by atoms with E-state index in [0.717, 1.165) is 81.4 Å². The van der Waals surface area contributed by atoms with Crippen molar-refractivity contribution in [2.45, 2.75) is 72.1 Å². The molecule has 0 fully saturated rings. The minimum absolute atomic E-state index is 0.00660. The fraction of sp³-hybridized carbons (Fsp3) is 0.366. The molecule has 268 valence electrons. The Kier molecular flexibility index (Phi) is 12.4. The summed E-state index contributed by atoms with van der Waals surface area (Å²) < 4.78 is 21.7. The maximum absolute atomic E-state index is 12.4. The van der Waals surface area contributed by atoms with E-state index in [1.54, 1.807) is 26.5 Å². The molecule has 51 heavy (non-hydrogen) atoms. The molecule has 6 rings (SSSR count). The number of aliphatic imine (C=N–C) groups is 2. The number of amides is 1. The Morgan fingerprint density at radius 2 is 1.57 bits per heavy atom. The third-order valence-corrected chi connectivity index (χ3v) is 8.79. The first-order valence-corrected chi connectivity index (χ1v) is 17.4. The normalized spacial score (nSPS) is 14.1. The molecule has 2 aliphatic heterocycles. The number of alkyl carbamates (subject to hydrolysis) is 1. The van der Waals surface area contributed by atoms with Crippen molar-refractivity contribution < 1.29 is 23.4 Å². The summed E-state index contributed by atoms with van der Waals surface area (Å²) >= 11 is 0. The SMILES string of the molecule is C=Cc1cc2c(cc1OC)N=C([C@@H](CC(C)C)NC(=O)OCc1ccccc1)C2.COc1cc2c(cc1-c1cnco1)CC([C@H](N)CC(C)C)=N2. The van der Waals surface area contributed by atoms with Crippen molar-refractivity contribution in [1.82, 2.24) is 10.3 Å². The second-order valence-corrected chi connectivity index (χ2v) is 13.7.